The van der Waals surface area contributed by atoms with Gasteiger partial charge in [0.05, 0.1) is 36.5 Å². The lowest BCUT2D eigenvalue weighted by Crippen LogP contribution is -2.40. The van der Waals surface area contributed by atoms with Gasteiger partial charge in [0.1, 0.15) is 0 Å². The zero-order valence-electron chi connectivity index (χ0n) is 19.1. The molecule has 2 unspecified atom stereocenters. The number of thioether (sulfide) groups is 1. The molecule has 1 amide bonds. The molecule has 7 nitrogen and oxygen atoms in total. The number of nitrogens with one attached hydrogen (secondary N) is 2. The van der Waals surface area contributed by atoms with E-state index in [1.807, 2.05) is 12.1 Å². The number of ether oxygens (including phenoxy) is 2. The van der Waals surface area contributed by atoms with Crippen LogP contribution in [0.1, 0.15) is 44.1 Å². The van der Waals surface area contributed by atoms with Crippen molar-refractivity contribution in [3.05, 3.63) is 42.0 Å². The molecule has 178 valence electrons. The number of hydrogen-bond acceptors (Lipinski definition) is 7. The highest BCUT2D eigenvalue weighted by molar-refractivity contribution is 8.00. The first-order chi connectivity index (χ1) is 15.9. The molecule has 1 heterocycles. The van der Waals surface area contributed by atoms with E-state index in [0.29, 0.717) is 16.4 Å². The summed E-state index contributed by atoms with van der Waals surface area (Å²) < 4.78 is 35.2. The van der Waals surface area contributed by atoms with Crippen molar-refractivity contribution in [1.82, 2.24) is 5.32 Å². The Morgan fingerprint density at radius 2 is 1.76 bits per heavy atom. The van der Waals surface area contributed by atoms with E-state index in [1.165, 1.54) is 11.8 Å². The molecule has 33 heavy (non-hydrogen) atoms. The molecule has 1 aliphatic carbocycles. The minimum absolute atomic E-state index is 0.0512. The van der Waals surface area contributed by atoms with Crippen LogP contribution in [0.2, 0.25) is 0 Å². The molecule has 2 N–H and O–H groups in total. The minimum atomic E-state index is -3.28. The van der Waals surface area contributed by atoms with E-state index < -0.39 is 9.84 Å². The number of carbonyl (C=O) groups is 1. The summed E-state index contributed by atoms with van der Waals surface area (Å²) in [6, 6.07) is 10.6. The fourth-order valence-corrected chi connectivity index (χ4v) is 6.55. The van der Waals surface area contributed by atoms with Gasteiger partial charge in [-0.05, 0) is 42.5 Å². The largest absolute Gasteiger partial charge is 0.493 e. The van der Waals surface area contributed by atoms with Crippen LogP contribution in [0.4, 0.5) is 5.69 Å². The van der Waals surface area contributed by atoms with E-state index in [0.717, 1.165) is 41.8 Å². The van der Waals surface area contributed by atoms with Crippen LogP contribution in [0, 0.1) is 5.92 Å². The molecule has 0 saturated heterocycles. The van der Waals surface area contributed by atoms with Crippen molar-refractivity contribution in [2.45, 2.75) is 53.8 Å². The maximum atomic E-state index is 13.5. The molecular weight excluding hydrogens is 460 g/mol. The molecule has 0 aromatic heterocycles. The zero-order chi connectivity index (χ0) is 23.6. The Balaban J connectivity index is 1.53. The average molecular weight is 491 g/mol. The number of fused-ring (bicyclic) bond motifs is 1. The number of benzene rings is 2. The van der Waals surface area contributed by atoms with E-state index >= 15 is 0 Å². The van der Waals surface area contributed by atoms with Gasteiger partial charge in [0.15, 0.2) is 26.8 Å². The van der Waals surface area contributed by atoms with E-state index in [-0.39, 0.29) is 29.0 Å². The molecule has 9 heteroatoms. The lowest BCUT2D eigenvalue weighted by Gasteiger charge is -2.25. The fraction of sp³-hybridized carbons (Fsp3) is 0.458. The smallest absolute Gasteiger partial charge is 0.230 e. The standard InChI is InChI=1S/C24H30N2O5S2/c1-4-33(28,29)17-11-9-16(10-12-17)22(15-7-5-6-8-15)23(27)26-24-25-18-13-19(30-2)20(31-3)14-21(18)32-24/h9-15,22,24-25H,4-8H2,1-3H3,(H,26,27). The first-order valence-electron chi connectivity index (χ1n) is 11.2. The molecule has 2 atom stereocenters. The highest BCUT2D eigenvalue weighted by Crippen LogP contribution is 2.45. The summed E-state index contributed by atoms with van der Waals surface area (Å²) in [6.45, 7) is 1.63. The number of anilines is 1. The molecule has 4 rings (SSSR count). The van der Waals surface area contributed by atoms with Gasteiger partial charge in [-0.2, -0.15) is 0 Å². The summed E-state index contributed by atoms with van der Waals surface area (Å²) in [5, 5.41) is 6.49. The SMILES string of the molecule is CCS(=O)(=O)c1ccc(C(C(=O)NC2Nc3cc(OC)c(OC)cc3S2)C2CCCC2)cc1. The number of rotatable bonds is 8. The van der Waals surface area contributed by atoms with E-state index in [4.69, 9.17) is 9.47 Å². The predicted octanol–water partition coefficient (Wildman–Crippen LogP) is 4.39. The highest BCUT2D eigenvalue weighted by Gasteiger charge is 2.34. The van der Waals surface area contributed by atoms with Crippen molar-refractivity contribution < 1.29 is 22.7 Å². The normalized spacial score (nSPS) is 18.9. The topological polar surface area (TPSA) is 93.7 Å². The van der Waals surface area contributed by atoms with Gasteiger partial charge in [-0.15, -0.1) is 0 Å². The minimum Gasteiger partial charge on any atom is -0.493 e. The van der Waals surface area contributed by atoms with E-state index in [2.05, 4.69) is 10.6 Å². The Labute approximate surface area is 199 Å². The molecule has 0 bridgehead atoms. The number of methoxy groups -OCH3 is 2. The zero-order valence-corrected chi connectivity index (χ0v) is 20.7. The van der Waals surface area contributed by atoms with Gasteiger partial charge >= 0.3 is 0 Å². The fourth-order valence-electron chi connectivity index (χ4n) is 4.63. The molecule has 1 aliphatic heterocycles. The Hall–Kier alpha value is -2.39. The van der Waals surface area contributed by atoms with Gasteiger partial charge in [0.25, 0.3) is 0 Å². The predicted molar refractivity (Wildman–Crippen MR) is 130 cm³/mol. The van der Waals surface area contributed by atoms with E-state index in [9.17, 15) is 13.2 Å². The number of amides is 1. The lowest BCUT2D eigenvalue weighted by atomic mass is 9.84. The van der Waals surface area contributed by atoms with Crippen LogP contribution in [0.5, 0.6) is 11.5 Å². The maximum absolute atomic E-state index is 13.5. The van der Waals surface area contributed by atoms with Crippen LogP contribution < -0.4 is 20.1 Å². The van der Waals surface area contributed by atoms with Crippen molar-refractivity contribution in [3.63, 3.8) is 0 Å². The average Bonchev–Trinajstić information content (AvgIpc) is 3.48. The summed E-state index contributed by atoms with van der Waals surface area (Å²) >= 11 is 1.52. The summed E-state index contributed by atoms with van der Waals surface area (Å²) in [6.07, 6.45) is 4.20. The van der Waals surface area contributed by atoms with Crippen molar-refractivity contribution >= 4 is 33.2 Å². The number of sulfone groups is 1. The van der Waals surface area contributed by atoms with Crippen LogP contribution in [0.3, 0.4) is 0 Å². The third kappa shape index (κ3) is 4.94. The molecule has 2 aromatic rings. The third-order valence-corrected chi connectivity index (χ3v) is 9.24. The Morgan fingerprint density at radius 3 is 2.36 bits per heavy atom. The number of carbonyl (C=O) groups excluding carboxylic acids is 1. The first-order valence-corrected chi connectivity index (χ1v) is 13.7. The maximum Gasteiger partial charge on any atom is 0.230 e. The number of hydrogen-bond donors (Lipinski definition) is 2. The second kappa shape index (κ2) is 9.85. The molecule has 1 saturated carbocycles. The third-order valence-electron chi connectivity index (χ3n) is 6.42. The Bertz CT molecular complexity index is 1080. The van der Waals surface area contributed by atoms with Crippen molar-refractivity contribution in [3.8, 4) is 11.5 Å². The lowest BCUT2D eigenvalue weighted by molar-refractivity contribution is -0.123. The van der Waals surface area contributed by atoms with E-state index in [1.54, 1.807) is 45.4 Å². The molecule has 0 radical (unpaired) electrons. The van der Waals surface area contributed by atoms with Crippen LogP contribution in [-0.4, -0.2) is 39.8 Å². The van der Waals surface area contributed by atoms with Gasteiger partial charge in [0.2, 0.25) is 5.91 Å². The monoisotopic (exact) mass is 490 g/mol. The summed E-state index contributed by atoms with van der Waals surface area (Å²) in [4.78, 5) is 14.8. The summed E-state index contributed by atoms with van der Waals surface area (Å²) in [5.74, 6) is 1.20. The second-order valence-corrected chi connectivity index (χ2v) is 11.8. The Kier molecular flexibility index (Phi) is 7.09. The van der Waals surface area contributed by atoms with Crippen LogP contribution in [0.25, 0.3) is 0 Å². The highest BCUT2D eigenvalue weighted by atomic mass is 32.2. The van der Waals surface area contributed by atoms with Gasteiger partial charge in [-0.25, -0.2) is 8.42 Å². The molecular formula is C24H30N2O5S2. The molecule has 0 spiro atoms. The Morgan fingerprint density at radius 1 is 1.12 bits per heavy atom. The van der Waals surface area contributed by atoms with Crippen LogP contribution >= 0.6 is 11.8 Å². The summed E-state index contributed by atoms with van der Waals surface area (Å²) in [5.41, 5.74) is 1.43. The second-order valence-electron chi connectivity index (χ2n) is 8.35. The first kappa shape index (κ1) is 23.8. The molecule has 2 aliphatic rings. The van der Waals surface area contributed by atoms with Crippen molar-refractivity contribution in [2.24, 2.45) is 5.92 Å². The van der Waals surface area contributed by atoms with Crippen LogP contribution in [-0.2, 0) is 14.6 Å². The van der Waals surface area contributed by atoms with Crippen LogP contribution in [0.15, 0.2) is 46.2 Å². The molecule has 2 aromatic carbocycles. The van der Waals surface area contributed by atoms with Gasteiger partial charge in [-0.1, -0.05) is 43.7 Å². The van der Waals surface area contributed by atoms with Crippen molar-refractivity contribution in [1.29, 1.82) is 0 Å². The quantitative estimate of drug-likeness (QED) is 0.567. The van der Waals surface area contributed by atoms with Gasteiger partial charge in [-0.3, -0.25) is 4.79 Å². The van der Waals surface area contributed by atoms with Crippen molar-refractivity contribution in [2.75, 3.05) is 25.3 Å². The van der Waals surface area contributed by atoms with Gasteiger partial charge < -0.3 is 20.1 Å². The summed E-state index contributed by atoms with van der Waals surface area (Å²) in [7, 11) is -0.0860. The molecule has 1 fully saturated rings. The van der Waals surface area contributed by atoms with Gasteiger partial charge in [0, 0.05) is 11.0 Å².